The van der Waals surface area contributed by atoms with Gasteiger partial charge in [0.15, 0.2) is 0 Å². The molecule has 0 aliphatic carbocycles. The molecule has 11 heavy (non-hydrogen) atoms. The number of anilines is 1. The monoisotopic (exact) mass is 147 g/mol. The number of hydrogen-bond acceptors (Lipinski definition) is 2. The van der Waals surface area contributed by atoms with Gasteiger partial charge in [0.25, 0.3) is 0 Å². The largest absolute Gasteiger partial charge is 0.398 e. The van der Waals surface area contributed by atoms with Crippen LogP contribution < -0.4 is 5.73 Å². The number of nitrogen functional groups attached to an aromatic ring is 1. The molecule has 1 aromatic carbocycles. The van der Waals surface area contributed by atoms with E-state index >= 15 is 0 Å². The molecule has 0 atom stereocenters. The van der Waals surface area contributed by atoms with Crippen molar-refractivity contribution < 1.29 is 0 Å². The van der Waals surface area contributed by atoms with Gasteiger partial charge < -0.3 is 10.7 Å². The van der Waals surface area contributed by atoms with E-state index in [1.54, 1.807) is 6.33 Å². The van der Waals surface area contributed by atoms with Gasteiger partial charge in [-0.05, 0) is 24.6 Å². The molecule has 0 amide bonds. The Hall–Kier alpha value is -1.51. The quantitative estimate of drug-likeness (QED) is 0.554. The van der Waals surface area contributed by atoms with Crippen molar-refractivity contribution in [2.24, 2.45) is 0 Å². The predicted molar refractivity (Wildman–Crippen MR) is 45.2 cm³/mol. The molecule has 3 heteroatoms. The van der Waals surface area contributed by atoms with E-state index < -0.39 is 0 Å². The smallest absolute Gasteiger partial charge is 0.0931 e. The number of aromatic nitrogens is 2. The molecule has 0 saturated carbocycles. The topological polar surface area (TPSA) is 54.7 Å². The summed E-state index contributed by atoms with van der Waals surface area (Å²) in [4.78, 5) is 7.11. The lowest BCUT2D eigenvalue weighted by Gasteiger charge is -1.97. The van der Waals surface area contributed by atoms with Crippen LogP contribution in [0.3, 0.4) is 0 Å². The molecule has 1 heterocycles. The summed E-state index contributed by atoms with van der Waals surface area (Å²) in [7, 11) is 0. The van der Waals surface area contributed by atoms with Crippen molar-refractivity contribution in [2.45, 2.75) is 6.92 Å². The molecule has 0 aliphatic heterocycles. The molecule has 3 N–H and O–H groups in total. The highest BCUT2D eigenvalue weighted by atomic mass is 14.9. The molecule has 0 spiro atoms. The van der Waals surface area contributed by atoms with E-state index in [1.165, 1.54) is 0 Å². The first kappa shape index (κ1) is 6.22. The minimum absolute atomic E-state index is 0.807. The third kappa shape index (κ3) is 0.852. The zero-order chi connectivity index (χ0) is 7.84. The molecule has 0 aliphatic rings. The average Bonchev–Trinajstić information content (AvgIpc) is 2.36. The molecular formula is C8H9N3. The van der Waals surface area contributed by atoms with Gasteiger partial charge in [-0.2, -0.15) is 0 Å². The van der Waals surface area contributed by atoms with Gasteiger partial charge in [-0.3, -0.25) is 0 Å². The summed E-state index contributed by atoms with van der Waals surface area (Å²) in [6, 6.07) is 3.87. The van der Waals surface area contributed by atoms with Gasteiger partial charge in [0.2, 0.25) is 0 Å². The first-order valence-corrected chi connectivity index (χ1v) is 3.46. The lowest BCUT2D eigenvalue weighted by atomic mass is 10.2. The molecule has 2 aromatic rings. The zero-order valence-electron chi connectivity index (χ0n) is 6.26. The maximum Gasteiger partial charge on any atom is 0.0931 e. The lowest BCUT2D eigenvalue weighted by molar-refractivity contribution is 1.34. The number of aromatic amines is 1. The van der Waals surface area contributed by atoms with Crippen LogP contribution >= 0.6 is 0 Å². The van der Waals surface area contributed by atoms with Gasteiger partial charge in [-0.15, -0.1) is 0 Å². The fourth-order valence-corrected chi connectivity index (χ4v) is 1.10. The number of aryl methyl sites for hydroxylation is 1. The summed E-state index contributed by atoms with van der Waals surface area (Å²) in [5.41, 5.74) is 9.54. The van der Waals surface area contributed by atoms with E-state index in [-0.39, 0.29) is 0 Å². The Morgan fingerprint density at radius 1 is 1.45 bits per heavy atom. The minimum atomic E-state index is 0.807. The second-order valence-electron chi connectivity index (χ2n) is 2.63. The fraction of sp³-hybridized carbons (Fsp3) is 0.125. The Labute approximate surface area is 64.2 Å². The average molecular weight is 147 g/mol. The van der Waals surface area contributed by atoms with Crippen LogP contribution in [0.4, 0.5) is 5.69 Å². The number of imidazole rings is 1. The van der Waals surface area contributed by atoms with Crippen LogP contribution in [0.5, 0.6) is 0 Å². The molecule has 0 bridgehead atoms. The van der Waals surface area contributed by atoms with Gasteiger partial charge in [-0.1, -0.05) is 0 Å². The summed E-state index contributed by atoms with van der Waals surface area (Å²) >= 11 is 0. The Morgan fingerprint density at radius 3 is 3.09 bits per heavy atom. The number of nitrogens with one attached hydrogen (secondary N) is 1. The first-order valence-electron chi connectivity index (χ1n) is 3.46. The highest BCUT2D eigenvalue weighted by Gasteiger charge is 1.98. The Balaban J connectivity index is 2.86. The van der Waals surface area contributed by atoms with E-state index in [0.717, 1.165) is 22.3 Å². The molecular weight excluding hydrogens is 138 g/mol. The summed E-state index contributed by atoms with van der Waals surface area (Å²) in [6.45, 7) is 1.98. The SMILES string of the molecule is Cc1cc2nc[nH]c2cc1N. The molecule has 0 radical (unpaired) electrons. The third-order valence-electron chi connectivity index (χ3n) is 1.81. The number of rotatable bonds is 0. The van der Waals surface area contributed by atoms with Gasteiger partial charge in [-0.25, -0.2) is 4.98 Å². The maximum absolute atomic E-state index is 5.70. The molecule has 0 fully saturated rings. The van der Waals surface area contributed by atoms with Crippen LogP contribution in [0.25, 0.3) is 11.0 Å². The zero-order valence-corrected chi connectivity index (χ0v) is 6.26. The van der Waals surface area contributed by atoms with Crippen LogP contribution in [0.15, 0.2) is 18.5 Å². The number of fused-ring (bicyclic) bond motifs is 1. The van der Waals surface area contributed by atoms with Gasteiger partial charge in [0, 0.05) is 5.69 Å². The molecule has 56 valence electrons. The fourth-order valence-electron chi connectivity index (χ4n) is 1.10. The Bertz CT molecular complexity index is 353. The van der Waals surface area contributed by atoms with E-state index in [9.17, 15) is 0 Å². The minimum Gasteiger partial charge on any atom is -0.398 e. The summed E-state index contributed by atoms with van der Waals surface area (Å²) in [6.07, 6.45) is 1.67. The Morgan fingerprint density at radius 2 is 2.27 bits per heavy atom. The van der Waals surface area contributed by atoms with Crippen molar-refractivity contribution in [2.75, 3.05) is 5.73 Å². The first-order chi connectivity index (χ1) is 5.27. The van der Waals surface area contributed by atoms with E-state index in [1.807, 2.05) is 19.1 Å². The molecule has 3 nitrogen and oxygen atoms in total. The molecule has 1 aromatic heterocycles. The maximum atomic E-state index is 5.70. The lowest BCUT2D eigenvalue weighted by Crippen LogP contribution is -1.88. The van der Waals surface area contributed by atoms with Crippen LogP contribution in [0.2, 0.25) is 0 Å². The van der Waals surface area contributed by atoms with Crippen LogP contribution in [-0.4, -0.2) is 9.97 Å². The van der Waals surface area contributed by atoms with Gasteiger partial charge >= 0.3 is 0 Å². The number of H-pyrrole nitrogens is 1. The molecule has 0 saturated heterocycles. The van der Waals surface area contributed by atoms with Crippen LogP contribution in [-0.2, 0) is 0 Å². The number of benzene rings is 1. The van der Waals surface area contributed by atoms with Crippen LogP contribution in [0.1, 0.15) is 5.56 Å². The van der Waals surface area contributed by atoms with E-state index in [4.69, 9.17) is 5.73 Å². The van der Waals surface area contributed by atoms with Crippen molar-refractivity contribution in [3.8, 4) is 0 Å². The van der Waals surface area contributed by atoms with Crippen molar-refractivity contribution in [3.63, 3.8) is 0 Å². The van der Waals surface area contributed by atoms with E-state index in [0.29, 0.717) is 0 Å². The highest BCUT2D eigenvalue weighted by Crippen LogP contribution is 2.17. The van der Waals surface area contributed by atoms with Gasteiger partial charge in [0.05, 0.1) is 17.4 Å². The van der Waals surface area contributed by atoms with Crippen molar-refractivity contribution >= 4 is 16.7 Å². The predicted octanol–water partition coefficient (Wildman–Crippen LogP) is 1.45. The molecule has 0 unspecified atom stereocenters. The second-order valence-corrected chi connectivity index (χ2v) is 2.63. The number of hydrogen-bond donors (Lipinski definition) is 2. The number of nitrogens with two attached hydrogens (primary N) is 1. The van der Waals surface area contributed by atoms with Crippen molar-refractivity contribution in [3.05, 3.63) is 24.0 Å². The van der Waals surface area contributed by atoms with Gasteiger partial charge in [0.1, 0.15) is 0 Å². The summed E-state index contributed by atoms with van der Waals surface area (Å²) in [5.74, 6) is 0. The highest BCUT2D eigenvalue weighted by molar-refractivity contribution is 5.79. The van der Waals surface area contributed by atoms with Crippen LogP contribution in [0, 0.1) is 6.92 Å². The second kappa shape index (κ2) is 1.99. The third-order valence-corrected chi connectivity index (χ3v) is 1.81. The van der Waals surface area contributed by atoms with Crippen molar-refractivity contribution in [1.82, 2.24) is 9.97 Å². The molecule has 2 rings (SSSR count). The standard InChI is InChI=1S/C8H9N3/c1-5-2-7-8(3-6(5)9)11-4-10-7/h2-4H,9H2,1H3,(H,10,11). The number of nitrogens with zero attached hydrogens (tertiary/aromatic N) is 1. The summed E-state index contributed by atoms with van der Waals surface area (Å²) < 4.78 is 0. The summed E-state index contributed by atoms with van der Waals surface area (Å²) in [5, 5.41) is 0. The van der Waals surface area contributed by atoms with E-state index in [2.05, 4.69) is 9.97 Å². The normalized spacial score (nSPS) is 10.6. The van der Waals surface area contributed by atoms with Crippen molar-refractivity contribution in [1.29, 1.82) is 0 Å². The Kier molecular flexibility index (Phi) is 1.12.